The number of aliphatic hydroxyl groups excluding tert-OH is 1. The topological polar surface area (TPSA) is 41.5 Å². The van der Waals surface area contributed by atoms with Gasteiger partial charge in [0.1, 0.15) is 5.75 Å². The first-order valence-electron chi connectivity index (χ1n) is 4.35. The molecule has 0 heterocycles. The van der Waals surface area contributed by atoms with Crippen LogP contribution in [0.3, 0.4) is 0 Å². The lowest BCUT2D eigenvalue weighted by Crippen LogP contribution is -2.16. The molecule has 1 atom stereocenters. The molecule has 0 spiro atoms. The zero-order valence-corrected chi connectivity index (χ0v) is 9.84. The molecule has 0 bridgehead atoms. The van der Waals surface area contributed by atoms with Gasteiger partial charge in [0.15, 0.2) is 0 Å². The van der Waals surface area contributed by atoms with Gasteiger partial charge in [-0.2, -0.15) is 0 Å². The molecule has 0 saturated heterocycles. The van der Waals surface area contributed by atoms with Gasteiger partial charge in [-0.15, -0.1) is 0 Å². The fraction of sp³-hybridized carbons (Fsp3) is 0.400. The van der Waals surface area contributed by atoms with Crippen LogP contribution in [0.4, 0.5) is 0 Å². The lowest BCUT2D eigenvalue weighted by molar-refractivity contribution is 0.177. The molecule has 0 aliphatic carbocycles. The summed E-state index contributed by atoms with van der Waals surface area (Å²) in [5, 5.41) is 12.6. The third-order valence-electron chi connectivity index (χ3n) is 1.96. The van der Waals surface area contributed by atoms with Gasteiger partial charge in [0, 0.05) is 6.54 Å². The lowest BCUT2D eigenvalue weighted by Gasteiger charge is -2.11. The third-order valence-corrected chi connectivity index (χ3v) is 2.58. The highest BCUT2D eigenvalue weighted by molar-refractivity contribution is 9.10. The maximum atomic E-state index is 9.68. The molecular weight excluding hydrogens is 246 g/mol. The molecule has 4 heteroatoms. The van der Waals surface area contributed by atoms with E-state index in [1.807, 2.05) is 25.2 Å². The number of nitrogens with one attached hydrogen (secondary N) is 1. The Morgan fingerprint density at radius 3 is 2.79 bits per heavy atom. The van der Waals surface area contributed by atoms with E-state index in [9.17, 15) is 5.11 Å². The monoisotopic (exact) mass is 259 g/mol. The van der Waals surface area contributed by atoms with Gasteiger partial charge in [0.25, 0.3) is 0 Å². The van der Waals surface area contributed by atoms with E-state index in [0.29, 0.717) is 6.54 Å². The number of hydrogen-bond acceptors (Lipinski definition) is 3. The summed E-state index contributed by atoms with van der Waals surface area (Å²) < 4.78 is 5.95. The molecule has 0 saturated carbocycles. The molecule has 3 nitrogen and oxygen atoms in total. The van der Waals surface area contributed by atoms with Crippen molar-refractivity contribution in [2.24, 2.45) is 0 Å². The van der Waals surface area contributed by atoms with E-state index in [-0.39, 0.29) is 0 Å². The summed E-state index contributed by atoms with van der Waals surface area (Å²) in [7, 11) is 3.42. The fourth-order valence-electron chi connectivity index (χ4n) is 1.20. The second kappa shape index (κ2) is 5.34. The van der Waals surface area contributed by atoms with E-state index in [1.54, 1.807) is 7.11 Å². The molecule has 1 aromatic rings. The van der Waals surface area contributed by atoms with E-state index >= 15 is 0 Å². The summed E-state index contributed by atoms with van der Waals surface area (Å²) in [4.78, 5) is 0. The molecule has 1 aromatic carbocycles. The van der Waals surface area contributed by atoms with Crippen molar-refractivity contribution in [2.75, 3.05) is 20.7 Å². The van der Waals surface area contributed by atoms with Gasteiger partial charge < -0.3 is 15.2 Å². The third kappa shape index (κ3) is 2.70. The quantitative estimate of drug-likeness (QED) is 0.866. The number of ether oxygens (including phenoxy) is 1. The largest absolute Gasteiger partial charge is 0.496 e. The second-order valence-corrected chi connectivity index (χ2v) is 3.82. The standard InChI is InChI=1S/C10H14BrNO2/c1-12-6-9(13)7-3-4-10(14-2)8(11)5-7/h3-5,9,12-13H,6H2,1-2H3. The van der Waals surface area contributed by atoms with Crippen molar-refractivity contribution in [1.82, 2.24) is 5.32 Å². The van der Waals surface area contributed by atoms with Gasteiger partial charge in [-0.05, 0) is 40.7 Å². The van der Waals surface area contributed by atoms with Crippen LogP contribution in [-0.2, 0) is 0 Å². The Kier molecular flexibility index (Phi) is 4.38. The molecule has 0 amide bonds. The molecule has 1 rings (SSSR count). The normalized spacial score (nSPS) is 12.6. The lowest BCUT2D eigenvalue weighted by atomic mass is 10.1. The first-order chi connectivity index (χ1) is 6.69. The van der Waals surface area contributed by atoms with Crippen molar-refractivity contribution >= 4 is 15.9 Å². The highest BCUT2D eigenvalue weighted by atomic mass is 79.9. The smallest absolute Gasteiger partial charge is 0.133 e. The average molecular weight is 260 g/mol. The Balaban J connectivity index is 2.85. The minimum atomic E-state index is -0.484. The van der Waals surface area contributed by atoms with Gasteiger partial charge in [-0.25, -0.2) is 0 Å². The van der Waals surface area contributed by atoms with Crippen molar-refractivity contribution in [3.8, 4) is 5.75 Å². The molecule has 0 fully saturated rings. The van der Waals surface area contributed by atoms with Crippen molar-refractivity contribution in [2.45, 2.75) is 6.10 Å². The van der Waals surface area contributed by atoms with Gasteiger partial charge in [0.05, 0.1) is 17.7 Å². The highest BCUT2D eigenvalue weighted by Gasteiger charge is 2.08. The highest BCUT2D eigenvalue weighted by Crippen LogP contribution is 2.27. The van der Waals surface area contributed by atoms with Crippen LogP contribution in [0.25, 0.3) is 0 Å². The second-order valence-electron chi connectivity index (χ2n) is 2.97. The number of halogens is 1. The van der Waals surface area contributed by atoms with Crippen molar-refractivity contribution < 1.29 is 9.84 Å². The number of rotatable bonds is 4. The summed E-state index contributed by atoms with van der Waals surface area (Å²) in [5.41, 5.74) is 0.868. The van der Waals surface area contributed by atoms with E-state index in [2.05, 4.69) is 21.2 Å². The maximum absolute atomic E-state index is 9.68. The maximum Gasteiger partial charge on any atom is 0.133 e. The minimum Gasteiger partial charge on any atom is -0.496 e. The summed E-state index contributed by atoms with van der Waals surface area (Å²) >= 11 is 3.37. The summed E-state index contributed by atoms with van der Waals surface area (Å²) in [5.74, 6) is 0.769. The molecule has 78 valence electrons. The predicted octanol–water partition coefficient (Wildman–Crippen LogP) is 1.71. The van der Waals surface area contributed by atoms with Crippen LogP contribution >= 0.6 is 15.9 Å². The van der Waals surface area contributed by atoms with E-state index in [0.717, 1.165) is 15.8 Å². The summed E-state index contributed by atoms with van der Waals surface area (Å²) in [6, 6.07) is 5.55. The van der Waals surface area contributed by atoms with Crippen molar-refractivity contribution in [1.29, 1.82) is 0 Å². The van der Waals surface area contributed by atoms with Crippen molar-refractivity contribution in [3.63, 3.8) is 0 Å². The number of aliphatic hydroxyl groups is 1. The molecule has 2 N–H and O–H groups in total. The van der Waals surface area contributed by atoms with Crippen molar-refractivity contribution in [3.05, 3.63) is 28.2 Å². The van der Waals surface area contributed by atoms with E-state index < -0.39 is 6.10 Å². The van der Waals surface area contributed by atoms with E-state index in [4.69, 9.17) is 4.74 Å². The number of hydrogen-bond donors (Lipinski definition) is 2. The fourth-order valence-corrected chi connectivity index (χ4v) is 1.76. The first-order valence-corrected chi connectivity index (χ1v) is 5.14. The summed E-state index contributed by atoms with van der Waals surface area (Å²) in [6.45, 7) is 0.540. The zero-order chi connectivity index (χ0) is 10.6. The van der Waals surface area contributed by atoms with Crippen LogP contribution in [-0.4, -0.2) is 25.8 Å². The molecule has 0 aliphatic rings. The van der Waals surface area contributed by atoms with Crippen LogP contribution < -0.4 is 10.1 Å². The van der Waals surface area contributed by atoms with Gasteiger partial charge in [-0.1, -0.05) is 6.07 Å². The Labute approximate surface area is 92.2 Å². The van der Waals surface area contributed by atoms with Crippen LogP contribution in [0.2, 0.25) is 0 Å². The Morgan fingerprint density at radius 2 is 2.29 bits per heavy atom. The van der Waals surface area contributed by atoms with Gasteiger partial charge in [-0.3, -0.25) is 0 Å². The molecule has 1 unspecified atom stereocenters. The number of benzene rings is 1. The SMILES string of the molecule is CNCC(O)c1ccc(OC)c(Br)c1. The molecule has 0 radical (unpaired) electrons. The summed E-state index contributed by atoms with van der Waals surface area (Å²) in [6.07, 6.45) is -0.484. The van der Waals surface area contributed by atoms with Gasteiger partial charge >= 0.3 is 0 Å². The Bertz CT molecular complexity index is 304. The first kappa shape index (κ1) is 11.5. The molecule has 0 aromatic heterocycles. The average Bonchev–Trinajstić information content (AvgIpc) is 2.18. The molecular formula is C10H14BrNO2. The van der Waals surface area contributed by atoms with Crippen LogP contribution in [0, 0.1) is 0 Å². The molecule has 0 aliphatic heterocycles. The van der Waals surface area contributed by atoms with Crippen LogP contribution in [0.5, 0.6) is 5.75 Å². The Hall–Kier alpha value is -0.580. The zero-order valence-electron chi connectivity index (χ0n) is 8.25. The van der Waals surface area contributed by atoms with E-state index in [1.165, 1.54) is 0 Å². The van der Waals surface area contributed by atoms with Gasteiger partial charge in [0.2, 0.25) is 0 Å². The predicted molar refractivity (Wildman–Crippen MR) is 59.6 cm³/mol. The number of methoxy groups -OCH3 is 1. The van der Waals surface area contributed by atoms with Crippen LogP contribution in [0.15, 0.2) is 22.7 Å². The minimum absolute atomic E-state index is 0.484. The molecule has 14 heavy (non-hydrogen) atoms. The van der Waals surface area contributed by atoms with Crippen LogP contribution in [0.1, 0.15) is 11.7 Å². The Morgan fingerprint density at radius 1 is 1.57 bits per heavy atom. The number of likely N-dealkylation sites (N-methyl/N-ethyl adjacent to an activating group) is 1.